The van der Waals surface area contributed by atoms with Crippen LogP contribution in [0.1, 0.15) is 25.3 Å². The summed E-state index contributed by atoms with van der Waals surface area (Å²) in [6.07, 6.45) is 0.474. The first-order valence-corrected chi connectivity index (χ1v) is 9.80. The number of nitrogens with one attached hydrogen (secondary N) is 1. The standard InChI is InChI=1S/C21H26N2O5/c1-11(24)21(26)10-23-8-7-20-12-5-4-6-14(27-2)17(12)22-18(20)16(19(25)28-3)13(21)9-15(20)23/h4-6,11,13,15,22,24,26H,7-10H2,1-3H3/t11-,13+,15-,20+,21+/m0/s1. The molecule has 3 N–H and O–H groups in total. The number of aliphatic hydroxyl groups is 2. The van der Waals surface area contributed by atoms with E-state index in [9.17, 15) is 15.0 Å². The fourth-order valence-corrected chi connectivity index (χ4v) is 6.16. The summed E-state index contributed by atoms with van der Waals surface area (Å²) >= 11 is 0. The Morgan fingerprint density at radius 2 is 2.18 bits per heavy atom. The second kappa shape index (κ2) is 5.72. The number of anilines is 1. The molecule has 28 heavy (non-hydrogen) atoms. The minimum atomic E-state index is -1.40. The van der Waals surface area contributed by atoms with Gasteiger partial charge in [0.15, 0.2) is 0 Å². The summed E-state index contributed by atoms with van der Waals surface area (Å²) in [5.41, 5.74) is 1.55. The van der Waals surface area contributed by atoms with E-state index in [2.05, 4.69) is 16.3 Å². The van der Waals surface area contributed by atoms with Crippen molar-refractivity contribution in [2.75, 3.05) is 32.6 Å². The van der Waals surface area contributed by atoms with E-state index in [0.29, 0.717) is 18.5 Å². The van der Waals surface area contributed by atoms with Crippen LogP contribution >= 0.6 is 0 Å². The average Bonchev–Trinajstić information content (AvgIpc) is 3.24. The van der Waals surface area contributed by atoms with Gasteiger partial charge in [-0.2, -0.15) is 0 Å². The van der Waals surface area contributed by atoms with Crippen LogP contribution in [-0.4, -0.2) is 66.1 Å². The SMILES string of the molecule is COC(=O)C1=C2Nc3c(OC)cccc3[C@@]23CCN2C[C@@](O)([C@H](C)O)[C@@H]1C[C@H]23. The average molecular weight is 386 g/mol. The number of methoxy groups -OCH3 is 2. The van der Waals surface area contributed by atoms with E-state index >= 15 is 0 Å². The fourth-order valence-electron chi connectivity index (χ4n) is 6.16. The van der Waals surface area contributed by atoms with Crippen molar-refractivity contribution in [3.63, 3.8) is 0 Å². The van der Waals surface area contributed by atoms with E-state index in [1.165, 1.54) is 7.11 Å². The number of aliphatic hydroxyl groups excluding tert-OH is 1. The summed E-state index contributed by atoms with van der Waals surface area (Å²) < 4.78 is 10.7. The highest BCUT2D eigenvalue weighted by Crippen LogP contribution is 2.63. The van der Waals surface area contributed by atoms with E-state index < -0.39 is 23.6 Å². The summed E-state index contributed by atoms with van der Waals surface area (Å²) in [5.74, 6) is -0.205. The maximum atomic E-state index is 12.9. The molecule has 0 aromatic heterocycles. The molecule has 3 heterocycles. The van der Waals surface area contributed by atoms with Crippen LogP contribution in [0.2, 0.25) is 0 Å². The summed E-state index contributed by atoms with van der Waals surface area (Å²) in [7, 11) is 3.00. The van der Waals surface area contributed by atoms with Crippen LogP contribution in [0.3, 0.4) is 0 Å². The lowest BCUT2D eigenvalue weighted by Crippen LogP contribution is -2.66. The number of hydrogen-bond donors (Lipinski definition) is 3. The number of hydrogen-bond acceptors (Lipinski definition) is 7. The number of para-hydroxylation sites is 1. The van der Waals surface area contributed by atoms with Crippen molar-refractivity contribution in [1.29, 1.82) is 0 Å². The monoisotopic (exact) mass is 386 g/mol. The van der Waals surface area contributed by atoms with Gasteiger partial charge in [-0.3, -0.25) is 4.90 Å². The number of carbonyl (C=O) groups excluding carboxylic acids is 1. The molecule has 0 saturated carbocycles. The van der Waals surface area contributed by atoms with Gasteiger partial charge >= 0.3 is 5.97 Å². The van der Waals surface area contributed by atoms with Gasteiger partial charge in [-0.25, -0.2) is 4.79 Å². The van der Waals surface area contributed by atoms with Crippen LogP contribution < -0.4 is 10.1 Å². The van der Waals surface area contributed by atoms with Crippen molar-refractivity contribution in [2.24, 2.45) is 5.92 Å². The van der Waals surface area contributed by atoms with Crippen molar-refractivity contribution in [3.05, 3.63) is 35.0 Å². The number of carbonyl (C=O) groups is 1. The number of piperidine rings is 1. The molecule has 2 saturated heterocycles. The summed E-state index contributed by atoms with van der Waals surface area (Å²) in [6, 6.07) is 6.15. The largest absolute Gasteiger partial charge is 0.495 e. The van der Waals surface area contributed by atoms with E-state index in [0.717, 1.165) is 35.7 Å². The van der Waals surface area contributed by atoms with Gasteiger partial charge in [-0.15, -0.1) is 0 Å². The van der Waals surface area contributed by atoms with Crippen molar-refractivity contribution in [2.45, 2.75) is 42.9 Å². The third-order valence-corrected chi connectivity index (χ3v) is 7.49. The molecule has 150 valence electrons. The summed E-state index contributed by atoms with van der Waals surface area (Å²) in [6.45, 7) is 2.73. The second-order valence-corrected chi connectivity index (χ2v) is 8.45. The van der Waals surface area contributed by atoms with Gasteiger partial charge in [0.05, 0.1) is 37.0 Å². The molecule has 2 fully saturated rings. The quantitative estimate of drug-likeness (QED) is 0.668. The third-order valence-electron chi connectivity index (χ3n) is 7.49. The Labute approximate surface area is 163 Å². The van der Waals surface area contributed by atoms with Gasteiger partial charge in [0.25, 0.3) is 0 Å². The van der Waals surface area contributed by atoms with E-state index in [4.69, 9.17) is 9.47 Å². The molecular formula is C21H26N2O5. The van der Waals surface area contributed by atoms with E-state index in [-0.39, 0.29) is 11.5 Å². The number of benzene rings is 1. The third kappa shape index (κ3) is 1.92. The molecule has 0 unspecified atom stereocenters. The van der Waals surface area contributed by atoms with Crippen LogP contribution in [0, 0.1) is 5.92 Å². The van der Waals surface area contributed by atoms with Gasteiger partial charge in [0.1, 0.15) is 11.4 Å². The highest BCUT2D eigenvalue weighted by atomic mass is 16.5. The van der Waals surface area contributed by atoms with Gasteiger partial charge in [0.2, 0.25) is 0 Å². The number of ether oxygens (including phenoxy) is 2. The molecule has 7 heteroatoms. The smallest absolute Gasteiger partial charge is 0.335 e. The van der Waals surface area contributed by atoms with Crippen LogP contribution in [0.5, 0.6) is 5.75 Å². The molecule has 2 bridgehead atoms. The lowest BCUT2D eigenvalue weighted by atomic mass is 9.58. The number of nitrogens with zero attached hydrogens (tertiary/aromatic N) is 1. The first kappa shape index (κ1) is 18.0. The molecule has 0 radical (unpaired) electrons. The molecule has 5 atom stereocenters. The zero-order valence-corrected chi connectivity index (χ0v) is 16.4. The van der Waals surface area contributed by atoms with Gasteiger partial charge < -0.3 is 25.0 Å². The second-order valence-electron chi connectivity index (χ2n) is 8.45. The Kier molecular flexibility index (Phi) is 3.67. The molecule has 1 spiro atoms. The Balaban J connectivity index is 1.81. The van der Waals surface area contributed by atoms with Crippen molar-refractivity contribution in [1.82, 2.24) is 4.90 Å². The number of esters is 1. The molecule has 1 aromatic rings. The first-order chi connectivity index (χ1) is 13.4. The molecule has 7 nitrogen and oxygen atoms in total. The molecule has 5 rings (SSSR count). The minimum absolute atomic E-state index is 0.154. The lowest BCUT2D eigenvalue weighted by molar-refractivity contribution is -0.157. The normalized spacial score (nSPS) is 36.5. The van der Waals surface area contributed by atoms with Crippen molar-refractivity contribution >= 4 is 11.7 Å². The summed E-state index contributed by atoms with van der Waals surface area (Å²) in [4.78, 5) is 15.2. The predicted molar refractivity (Wildman–Crippen MR) is 102 cm³/mol. The lowest BCUT2D eigenvalue weighted by Gasteiger charge is -2.54. The molecule has 1 aliphatic carbocycles. The Hall–Kier alpha value is -2.09. The van der Waals surface area contributed by atoms with Crippen LogP contribution in [0.15, 0.2) is 29.5 Å². The molecule has 0 amide bonds. The van der Waals surface area contributed by atoms with Crippen LogP contribution in [0.4, 0.5) is 5.69 Å². The Morgan fingerprint density at radius 1 is 1.39 bits per heavy atom. The maximum absolute atomic E-state index is 12.9. The number of rotatable bonds is 3. The molecule has 1 aromatic carbocycles. The Morgan fingerprint density at radius 3 is 2.86 bits per heavy atom. The van der Waals surface area contributed by atoms with Crippen LogP contribution in [-0.2, 0) is 14.9 Å². The summed E-state index contributed by atoms with van der Waals surface area (Å²) in [5, 5.41) is 25.4. The number of fused-ring (bicyclic) bond motifs is 2. The van der Waals surface area contributed by atoms with Gasteiger partial charge in [0, 0.05) is 24.2 Å². The van der Waals surface area contributed by atoms with Gasteiger partial charge in [-0.05, 0) is 37.9 Å². The van der Waals surface area contributed by atoms with Gasteiger partial charge in [-0.1, -0.05) is 12.1 Å². The van der Waals surface area contributed by atoms with Crippen LogP contribution in [0.25, 0.3) is 0 Å². The topological polar surface area (TPSA) is 91.3 Å². The zero-order valence-electron chi connectivity index (χ0n) is 16.4. The Bertz CT molecular complexity index is 897. The van der Waals surface area contributed by atoms with E-state index in [1.807, 2.05) is 12.1 Å². The highest BCUT2D eigenvalue weighted by Gasteiger charge is 2.67. The van der Waals surface area contributed by atoms with E-state index in [1.54, 1.807) is 14.0 Å². The maximum Gasteiger partial charge on any atom is 0.335 e. The van der Waals surface area contributed by atoms with Crippen molar-refractivity contribution < 1.29 is 24.5 Å². The van der Waals surface area contributed by atoms with Crippen molar-refractivity contribution in [3.8, 4) is 5.75 Å². The molecule has 3 aliphatic heterocycles. The minimum Gasteiger partial charge on any atom is -0.495 e. The zero-order chi connectivity index (χ0) is 19.8. The fraction of sp³-hybridized carbons (Fsp3) is 0.571. The molecular weight excluding hydrogens is 360 g/mol. The predicted octanol–water partition coefficient (Wildman–Crippen LogP) is 1.01. The highest BCUT2D eigenvalue weighted by molar-refractivity contribution is 5.94. The first-order valence-electron chi connectivity index (χ1n) is 9.80. The molecule has 4 aliphatic rings.